The molecule has 1 aromatic carbocycles. The van der Waals surface area contributed by atoms with E-state index in [1.54, 1.807) is 18.4 Å². The predicted molar refractivity (Wildman–Crippen MR) is 89.1 cm³/mol. The summed E-state index contributed by atoms with van der Waals surface area (Å²) < 4.78 is 5.14. The summed E-state index contributed by atoms with van der Waals surface area (Å²) in [5.74, 6) is 1.15. The molecule has 116 valence electrons. The molecule has 1 aromatic heterocycles. The number of anilines is 1. The highest BCUT2D eigenvalue weighted by atomic mass is 32.1. The average Bonchev–Trinajstić information content (AvgIpc) is 3.01. The molecule has 1 aliphatic heterocycles. The summed E-state index contributed by atoms with van der Waals surface area (Å²) in [6.07, 6.45) is 3.70. The highest BCUT2D eigenvalue weighted by Crippen LogP contribution is 2.28. The molecule has 0 amide bonds. The number of thiazole rings is 1. The fraction of sp³-hybridized carbons (Fsp3) is 0.412. The summed E-state index contributed by atoms with van der Waals surface area (Å²) in [4.78, 5) is 20.5. The van der Waals surface area contributed by atoms with Gasteiger partial charge in [-0.2, -0.15) is 0 Å². The molecule has 1 fully saturated rings. The predicted octanol–water partition coefficient (Wildman–Crippen LogP) is 3.56. The molecule has 1 saturated heterocycles. The van der Waals surface area contributed by atoms with Crippen molar-refractivity contribution in [3.63, 3.8) is 0 Å². The first-order valence-corrected chi connectivity index (χ1v) is 8.34. The van der Waals surface area contributed by atoms with Gasteiger partial charge in [-0.1, -0.05) is 0 Å². The first kappa shape index (κ1) is 15.0. The molecule has 0 bridgehead atoms. The van der Waals surface area contributed by atoms with Crippen LogP contribution in [0.1, 0.15) is 28.1 Å². The van der Waals surface area contributed by atoms with Gasteiger partial charge in [-0.25, -0.2) is 4.98 Å². The monoisotopic (exact) mass is 316 g/mol. The molecule has 1 aliphatic rings. The number of nitrogens with zero attached hydrogens (tertiary/aromatic N) is 2. The van der Waals surface area contributed by atoms with Crippen molar-refractivity contribution in [2.24, 2.45) is 5.92 Å². The van der Waals surface area contributed by atoms with Gasteiger partial charge in [0.25, 0.3) is 0 Å². The minimum atomic E-state index is 0.116. The number of Topliss-reactive ketones (excluding diaryl/α,β-unsaturated/α-hetero) is 1. The second-order valence-corrected chi connectivity index (χ2v) is 6.82. The Balaban J connectivity index is 1.61. The van der Waals surface area contributed by atoms with Gasteiger partial charge in [-0.15, -0.1) is 11.3 Å². The third-order valence-electron chi connectivity index (χ3n) is 4.12. The summed E-state index contributed by atoms with van der Waals surface area (Å²) in [6.45, 7) is 3.88. The lowest BCUT2D eigenvalue weighted by atomic mass is 9.89. The van der Waals surface area contributed by atoms with Crippen LogP contribution in [0.5, 0.6) is 5.75 Å². The van der Waals surface area contributed by atoms with E-state index in [1.807, 2.05) is 30.5 Å². The number of ketones is 1. The Labute approximate surface area is 134 Å². The van der Waals surface area contributed by atoms with Gasteiger partial charge in [0.1, 0.15) is 5.75 Å². The van der Waals surface area contributed by atoms with E-state index in [1.165, 1.54) is 4.88 Å². The number of hydrogen-bond acceptors (Lipinski definition) is 5. The van der Waals surface area contributed by atoms with Gasteiger partial charge in [-0.3, -0.25) is 4.79 Å². The maximum Gasteiger partial charge on any atom is 0.185 e. The molecule has 0 spiro atoms. The summed E-state index contributed by atoms with van der Waals surface area (Å²) >= 11 is 1.72. The lowest BCUT2D eigenvalue weighted by molar-refractivity contribution is 0.0900. The molecule has 0 N–H and O–H groups in total. The number of hydrogen-bond donors (Lipinski definition) is 0. The van der Waals surface area contributed by atoms with Gasteiger partial charge in [-0.05, 0) is 44.0 Å². The Morgan fingerprint density at radius 1 is 1.27 bits per heavy atom. The molecular weight excluding hydrogens is 296 g/mol. The Morgan fingerprint density at radius 3 is 2.50 bits per heavy atom. The molecule has 0 radical (unpaired) electrons. The number of piperidine rings is 1. The molecule has 22 heavy (non-hydrogen) atoms. The molecule has 2 aromatic rings. The zero-order valence-electron chi connectivity index (χ0n) is 12.9. The van der Waals surface area contributed by atoms with Crippen molar-refractivity contribution < 1.29 is 9.53 Å². The van der Waals surface area contributed by atoms with Gasteiger partial charge < -0.3 is 9.64 Å². The van der Waals surface area contributed by atoms with Crippen LogP contribution in [-0.4, -0.2) is 31.0 Å². The maximum atomic E-state index is 12.6. The topological polar surface area (TPSA) is 42.4 Å². The number of carbonyl (C=O) groups is 1. The number of benzene rings is 1. The number of carbonyl (C=O) groups excluding carboxylic acids is 1. The SMILES string of the molecule is COc1ccc(C(=O)C2CCN(c3ncc(C)s3)CC2)cc1. The fourth-order valence-electron chi connectivity index (χ4n) is 2.81. The number of rotatable bonds is 4. The summed E-state index contributed by atoms with van der Waals surface area (Å²) in [5.41, 5.74) is 0.782. The van der Waals surface area contributed by atoms with Crippen LogP contribution in [0.2, 0.25) is 0 Å². The number of ether oxygens (including phenoxy) is 1. The van der Waals surface area contributed by atoms with Crippen molar-refractivity contribution in [2.45, 2.75) is 19.8 Å². The van der Waals surface area contributed by atoms with Crippen LogP contribution in [0.25, 0.3) is 0 Å². The maximum absolute atomic E-state index is 12.6. The summed E-state index contributed by atoms with van der Waals surface area (Å²) in [6, 6.07) is 7.41. The lowest BCUT2D eigenvalue weighted by Gasteiger charge is -2.31. The van der Waals surface area contributed by atoms with Gasteiger partial charge in [0.15, 0.2) is 10.9 Å². The molecule has 2 heterocycles. The minimum Gasteiger partial charge on any atom is -0.497 e. The van der Waals surface area contributed by atoms with Gasteiger partial charge in [0.2, 0.25) is 0 Å². The van der Waals surface area contributed by atoms with E-state index >= 15 is 0 Å². The second kappa shape index (κ2) is 6.48. The van der Waals surface area contributed by atoms with Crippen LogP contribution in [0.15, 0.2) is 30.5 Å². The highest BCUT2D eigenvalue weighted by molar-refractivity contribution is 7.15. The van der Waals surface area contributed by atoms with Crippen molar-refractivity contribution in [2.75, 3.05) is 25.1 Å². The number of aromatic nitrogens is 1. The molecule has 0 aliphatic carbocycles. The van der Waals surface area contributed by atoms with Crippen molar-refractivity contribution in [1.29, 1.82) is 0 Å². The molecule has 3 rings (SSSR count). The normalized spacial score (nSPS) is 15.8. The second-order valence-electron chi connectivity index (χ2n) is 5.61. The third kappa shape index (κ3) is 3.14. The lowest BCUT2D eigenvalue weighted by Crippen LogP contribution is -2.36. The zero-order chi connectivity index (χ0) is 15.5. The molecule has 0 unspecified atom stereocenters. The molecule has 4 nitrogen and oxygen atoms in total. The Morgan fingerprint density at radius 2 is 1.95 bits per heavy atom. The van der Waals surface area contributed by atoms with Crippen LogP contribution >= 0.6 is 11.3 Å². The van der Waals surface area contributed by atoms with E-state index in [-0.39, 0.29) is 11.7 Å². The van der Waals surface area contributed by atoms with Gasteiger partial charge in [0.05, 0.1) is 7.11 Å². The van der Waals surface area contributed by atoms with Crippen molar-refractivity contribution >= 4 is 22.3 Å². The van der Waals surface area contributed by atoms with Crippen LogP contribution in [0, 0.1) is 12.8 Å². The highest BCUT2D eigenvalue weighted by Gasteiger charge is 2.26. The van der Waals surface area contributed by atoms with E-state index in [4.69, 9.17) is 4.74 Å². The molecule has 0 saturated carbocycles. The van der Waals surface area contributed by atoms with Gasteiger partial charge in [0, 0.05) is 35.6 Å². The summed E-state index contributed by atoms with van der Waals surface area (Å²) in [5, 5.41) is 1.08. The Kier molecular flexibility index (Phi) is 4.43. The Bertz CT molecular complexity index is 643. The third-order valence-corrected chi connectivity index (χ3v) is 5.09. The van der Waals surface area contributed by atoms with E-state index in [9.17, 15) is 4.79 Å². The summed E-state index contributed by atoms with van der Waals surface area (Å²) in [7, 11) is 1.63. The quantitative estimate of drug-likeness (QED) is 0.809. The van der Waals surface area contributed by atoms with E-state index < -0.39 is 0 Å². The van der Waals surface area contributed by atoms with Crippen molar-refractivity contribution in [3.8, 4) is 5.75 Å². The first-order valence-electron chi connectivity index (χ1n) is 7.53. The van der Waals surface area contributed by atoms with Crippen LogP contribution in [-0.2, 0) is 0 Å². The van der Waals surface area contributed by atoms with Crippen molar-refractivity contribution in [3.05, 3.63) is 40.9 Å². The van der Waals surface area contributed by atoms with Crippen LogP contribution in [0.3, 0.4) is 0 Å². The average molecular weight is 316 g/mol. The smallest absolute Gasteiger partial charge is 0.185 e. The molecule has 0 atom stereocenters. The van der Waals surface area contributed by atoms with Gasteiger partial charge >= 0.3 is 0 Å². The van der Waals surface area contributed by atoms with Crippen LogP contribution in [0.4, 0.5) is 5.13 Å². The molecule has 5 heteroatoms. The zero-order valence-corrected chi connectivity index (χ0v) is 13.7. The number of aryl methyl sites for hydroxylation is 1. The Hall–Kier alpha value is -1.88. The van der Waals surface area contributed by atoms with E-state index in [0.29, 0.717) is 0 Å². The standard InChI is InChI=1S/C17H20N2O2S/c1-12-11-18-17(22-12)19-9-7-14(8-10-19)16(20)13-3-5-15(21-2)6-4-13/h3-6,11,14H,7-10H2,1-2H3. The van der Waals surface area contributed by atoms with Crippen LogP contribution < -0.4 is 9.64 Å². The molecular formula is C17H20N2O2S. The first-order chi connectivity index (χ1) is 10.7. The van der Waals surface area contributed by atoms with E-state index in [0.717, 1.165) is 42.4 Å². The fourth-order valence-corrected chi connectivity index (χ4v) is 3.62. The minimum absolute atomic E-state index is 0.116. The van der Waals surface area contributed by atoms with E-state index in [2.05, 4.69) is 16.8 Å². The van der Waals surface area contributed by atoms with Crippen molar-refractivity contribution in [1.82, 2.24) is 4.98 Å². The largest absolute Gasteiger partial charge is 0.497 e. The number of methoxy groups -OCH3 is 1.